The summed E-state index contributed by atoms with van der Waals surface area (Å²) in [7, 11) is 1.49. The molecule has 0 aliphatic carbocycles. The molecule has 4 N–H and O–H groups in total. The van der Waals surface area contributed by atoms with Gasteiger partial charge in [-0.1, -0.05) is 25.5 Å². The maximum atomic E-state index is 12.0. The Hall–Kier alpha value is -2.14. The van der Waals surface area contributed by atoms with Crippen molar-refractivity contribution in [1.29, 1.82) is 0 Å². The molecule has 0 aromatic heterocycles. The van der Waals surface area contributed by atoms with E-state index in [2.05, 4.69) is 0 Å². The summed E-state index contributed by atoms with van der Waals surface area (Å²) in [5.74, 6) is 0.0487. The van der Waals surface area contributed by atoms with Crippen molar-refractivity contribution >= 4 is 11.7 Å². The predicted molar refractivity (Wildman–Crippen MR) is 91.4 cm³/mol. The number of benzene rings is 1. The highest BCUT2D eigenvalue weighted by Gasteiger charge is 2.10. The van der Waals surface area contributed by atoms with Crippen molar-refractivity contribution in [1.82, 2.24) is 0 Å². The van der Waals surface area contributed by atoms with Gasteiger partial charge in [0.1, 0.15) is 5.75 Å². The summed E-state index contributed by atoms with van der Waals surface area (Å²) in [6.45, 7) is 2.60. The molecule has 5 nitrogen and oxygen atoms in total. The van der Waals surface area contributed by atoms with E-state index in [1.54, 1.807) is 18.2 Å². The smallest absolute Gasteiger partial charge is 0.252 e. The largest absolute Gasteiger partial charge is 0.496 e. The number of ether oxygens (including phenoxy) is 1. The van der Waals surface area contributed by atoms with E-state index in [1.807, 2.05) is 19.1 Å². The SMILES string of the molecule is COc1ccc(C/C=C/C(=O)[C@@H](C)CCCCN)cc1C(N)=O. The summed E-state index contributed by atoms with van der Waals surface area (Å²) in [5.41, 5.74) is 12.0. The second-order valence-corrected chi connectivity index (χ2v) is 5.59. The van der Waals surface area contributed by atoms with Crippen LogP contribution in [0.1, 0.15) is 42.1 Å². The van der Waals surface area contributed by atoms with Crippen LogP contribution >= 0.6 is 0 Å². The van der Waals surface area contributed by atoms with E-state index >= 15 is 0 Å². The average molecular weight is 318 g/mol. The van der Waals surface area contributed by atoms with Crippen LogP contribution in [0.5, 0.6) is 5.75 Å². The molecular weight excluding hydrogens is 292 g/mol. The van der Waals surface area contributed by atoms with E-state index in [0.717, 1.165) is 24.8 Å². The van der Waals surface area contributed by atoms with Crippen molar-refractivity contribution in [2.75, 3.05) is 13.7 Å². The van der Waals surface area contributed by atoms with Crippen molar-refractivity contribution in [3.05, 3.63) is 41.5 Å². The Balaban J connectivity index is 2.62. The minimum atomic E-state index is -0.530. The molecule has 1 aromatic rings. The topological polar surface area (TPSA) is 95.4 Å². The van der Waals surface area contributed by atoms with E-state index in [-0.39, 0.29) is 11.7 Å². The molecule has 23 heavy (non-hydrogen) atoms. The standard InChI is InChI=1S/C18H26N2O3/c1-13(6-3-4-11-19)16(21)8-5-7-14-9-10-17(23-2)15(12-14)18(20)22/h5,8-10,12-13H,3-4,6-7,11,19H2,1-2H3,(H2,20,22)/b8-5+/t13-/m0/s1. The molecule has 0 spiro atoms. The summed E-state index contributed by atoms with van der Waals surface area (Å²) >= 11 is 0. The van der Waals surface area contributed by atoms with Crippen molar-refractivity contribution in [2.24, 2.45) is 17.4 Å². The van der Waals surface area contributed by atoms with E-state index in [0.29, 0.717) is 24.3 Å². The monoisotopic (exact) mass is 318 g/mol. The van der Waals surface area contributed by atoms with Gasteiger partial charge in [0.25, 0.3) is 5.91 Å². The van der Waals surface area contributed by atoms with Gasteiger partial charge in [0, 0.05) is 5.92 Å². The highest BCUT2D eigenvalue weighted by Crippen LogP contribution is 2.20. The zero-order valence-electron chi connectivity index (χ0n) is 13.9. The number of allylic oxidation sites excluding steroid dienone is 2. The Kier molecular flexibility index (Phi) is 8.05. The van der Waals surface area contributed by atoms with Crippen molar-refractivity contribution in [2.45, 2.75) is 32.6 Å². The molecule has 0 aliphatic rings. The number of carbonyl (C=O) groups is 2. The Morgan fingerprint density at radius 1 is 1.30 bits per heavy atom. The summed E-state index contributed by atoms with van der Waals surface area (Å²) in [4.78, 5) is 23.4. The fraction of sp³-hybridized carbons (Fsp3) is 0.444. The van der Waals surface area contributed by atoms with Crippen LogP contribution in [0, 0.1) is 5.92 Å². The molecule has 0 aliphatic heterocycles. The fourth-order valence-electron chi connectivity index (χ4n) is 2.29. The van der Waals surface area contributed by atoms with Crippen molar-refractivity contribution in [3.8, 4) is 5.75 Å². The fourth-order valence-corrected chi connectivity index (χ4v) is 2.29. The highest BCUT2D eigenvalue weighted by molar-refractivity contribution is 5.96. The number of nitrogens with two attached hydrogens (primary N) is 2. The first-order chi connectivity index (χ1) is 11.0. The summed E-state index contributed by atoms with van der Waals surface area (Å²) in [6, 6.07) is 5.26. The van der Waals surface area contributed by atoms with Gasteiger partial charge in [-0.05, 0) is 49.6 Å². The van der Waals surface area contributed by atoms with E-state index in [1.165, 1.54) is 7.11 Å². The van der Waals surface area contributed by atoms with Crippen LogP contribution in [-0.4, -0.2) is 25.3 Å². The van der Waals surface area contributed by atoms with Gasteiger partial charge in [0.15, 0.2) is 5.78 Å². The molecule has 0 heterocycles. The second kappa shape index (κ2) is 9.79. The zero-order chi connectivity index (χ0) is 17.2. The molecule has 1 amide bonds. The number of amides is 1. The van der Waals surface area contributed by atoms with Crippen LogP contribution in [-0.2, 0) is 11.2 Å². The summed E-state index contributed by atoms with van der Waals surface area (Å²) < 4.78 is 5.10. The Labute approximate surface area is 137 Å². The number of rotatable bonds is 10. The van der Waals surface area contributed by atoms with Gasteiger partial charge in [0.2, 0.25) is 0 Å². The average Bonchev–Trinajstić information content (AvgIpc) is 2.54. The highest BCUT2D eigenvalue weighted by atomic mass is 16.5. The molecule has 0 radical (unpaired) electrons. The molecule has 0 unspecified atom stereocenters. The lowest BCUT2D eigenvalue weighted by atomic mass is 9.98. The lowest BCUT2D eigenvalue weighted by Gasteiger charge is -2.08. The van der Waals surface area contributed by atoms with Crippen molar-refractivity contribution < 1.29 is 14.3 Å². The number of hydrogen-bond acceptors (Lipinski definition) is 4. The first-order valence-corrected chi connectivity index (χ1v) is 7.86. The Morgan fingerprint density at radius 2 is 2.04 bits per heavy atom. The molecule has 1 rings (SSSR count). The van der Waals surface area contributed by atoms with Gasteiger partial charge in [0.05, 0.1) is 12.7 Å². The lowest BCUT2D eigenvalue weighted by molar-refractivity contribution is -0.117. The molecule has 1 aromatic carbocycles. The molecule has 0 saturated heterocycles. The quantitative estimate of drug-likeness (QED) is 0.511. The van der Waals surface area contributed by atoms with Crippen LogP contribution in [0.2, 0.25) is 0 Å². The predicted octanol–water partition coefficient (Wildman–Crippen LogP) is 2.23. The van der Waals surface area contributed by atoms with Crippen LogP contribution in [0.15, 0.2) is 30.4 Å². The van der Waals surface area contributed by atoms with Crippen LogP contribution in [0.25, 0.3) is 0 Å². The number of primary amides is 1. The first kappa shape index (κ1) is 18.9. The van der Waals surface area contributed by atoms with E-state index in [4.69, 9.17) is 16.2 Å². The minimum Gasteiger partial charge on any atom is -0.496 e. The third kappa shape index (κ3) is 6.24. The van der Waals surface area contributed by atoms with Crippen molar-refractivity contribution in [3.63, 3.8) is 0 Å². The zero-order valence-corrected chi connectivity index (χ0v) is 13.9. The number of methoxy groups -OCH3 is 1. The number of ketones is 1. The molecule has 0 fully saturated rings. The van der Waals surface area contributed by atoms with Gasteiger partial charge in [-0.2, -0.15) is 0 Å². The van der Waals surface area contributed by atoms with E-state index < -0.39 is 5.91 Å². The molecule has 5 heteroatoms. The normalized spacial score (nSPS) is 12.3. The lowest BCUT2D eigenvalue weighted by Crippen LogP contribution is -2.12. The van der Waals surface area contributed by atoms with Crippen LogP contribution in [0.3, 0.4) is 0 Å². The van der Waals surface area contributed by atoms with Gasteiger partial charge < -0.3 is 16.2 Å². The second-order valence-electron chi connectivity index (χ2n) is 5.59. The van der Waals surface area contributed by atoms with Gasteiger partial charge in [-0.15, -0.1) is 0 Å². The summed E-state index contributed by atoms with van der Waals surface area (Å²) in [5, 5.41) is 0. The number of unbranched alkanes of at least 4 members (excludes halogenated alkanes) is 1. The number of hydrogen-bond donors (Lipinski definition) is 2. The Bertz CT molecular complexity index is 567. The molecule has 0 bridgehead atoms. The molecule has 126 valence electrons. The van der Waals surface area contributed by atoms with E-state index in [9.17, 15) is 9.59 Å². The van der Waals surface area contributed by atoms with Crippen LogP contribution in [0.4, 0.5) is 0 Å². The van der Waals surface area contributed by atoms with Gasteiger partial charge in [-0.25, -0.2) is 0 Å². The maximum absolute atomic E-state index is 12.0. The minimum absolute atomic E-state index is 0.00912. The molecular formula is C18H26N2O3. The summed E-state index contributed by atoms with van der Waals surface area (Å²) in [6.07, 6.45) is 6.76. The third-order valence-corrected chi connectivity index (χ3v) is 3.74. The van der Waals surface area contributed by atoms with Gasteiger partial charge in [-0.3, -0.25) is 9.59 Å². The molecule has 1 atom stereocenters. The maximum Gasteiger partial charge on any atom is 0.252 e. The van der Waals surface area contributed by atoms with Crippen LogP contribution < -0.4 is 16.2 Å². The Morgan fingerprint density at radius 3 is 2.65 bits per heavy atom. The van der Waals surface area contributed by atoms with Gasteiger partial charge >= 0.3 is 0 Å². The first-order valence-electron chi connectivity index (χ1n) is 7.86. The third-order valence-electron chi connectivity index (χ3n) is 3.74. The number of carbonyl (C=O) groups excluding carboxylic acids is 2. The molecule has 0 saturated carbocycles.